The maximum absolute atomic E-state index is 5.11. The Morgan fingerprint density at radius 1 is 1.67 bits per heavy atom. The minimum Gasteiger partial charge on any atom is -0.381 e. The van der Waals surface area contributed by atoms with Gasteiger partial charge in [-0.1, -0.05) is 5.16 Å². The van der Waals surface area contributed by atoms with Gasteiger partial charge in [0, 0.05) is 13.0 Å². The van der Waals surface area contributed by atoms with Crippen LogP contribution < -0.4 is 11.3 Å². The lowest BCUT2D eigenvalue weighted by Gasteiger charge is -1.94. The Morgan fingerprint density at radius 2 is 2.50 bits per heavy atom. The highest BCUT2D eigenvalue weighted by molar-refractivity contribution is 5.14. The van der Waals surface area contributed by atoms with Crippen molar-refractivity contribution in [2.75, 3.05) is 18.6 Å². The van der Waals surface area contributed by atoms with Crippen LogP contribution in [-0.4, -0.2) is 23.4 Å². The number of anilines is 1. The number of aromatic nitrogens is 2. The second-order valence-electron chi connectivity index (χ2n) is 2.11. The first-order valence-corrected chi connectivity index (χ1v) is 3.73. The third-order valence-corrected chi connectivity index (χ3v) is 1.27. The second kappa shape index (κ2) is 4.68. The summed E-state index contributed by atoms with van der Waals surface area (Å²) in [5.41, 5.74) is 2.26. The van der Waals surface area contributed by atoms with Gasteiger partial charge in [-0.2, -0.15) is 4.98 Å². The first kappa shape index (κ1) is 8.95. The summed E-state index contributed by atoms with van der Waals surface area (Å²) in [5, 5.41) is 3.65. The molecule has 0 aromatic carbocycles. The van der Waals surface area contributed by atoms with Crippen LogP contribution in [0.15, 0.2) is 4.52 Å². The SMILES string of the molecule is CCOCCc1noc(NN)n1. The molecule has 0 saturated carbocycles. The Morgan fingerprint density at radius 3 is 3.08 bits per heavy atom. The first-order valence-electron chi connectivity index (χ1n) is 3.73. The Kier molecular flexibility index (Phi) is 3.49. The van der Waals surface area contributed by atoms with Gasteiger partial charge in [0.05, 0.1) is 6.61 Å². The third-order valence-electron chi connectivity index (χ3n) is 1.27. The van der Waals surface area contributed by atoms with E-state index in [0.29, 0.717) is 25.5 Å². The van der Waals surface area contributed by atoms with Crippen LogP contribution in [-0.2, 0) is 11.2 Å². The molecule has 12 heavy (non-hydrogen) atoms. The molecular weight excluding hydrogens is 160 g/mol. The highest BCUT2D eigenvalue weighted by atomic mass is 16.5. The van der Waals surface area contributed by atoms with Crippen molar-refractivity contribution in [2.24, 2.45) is 5.84 Å². The number of nitrogen functional groups attached to an aromatic ring is 1. The quantitative estimate of drug-likeness (QED) is 0.367. The van der Waals surface area contributed by atoms with E-state index in [9.17, 15) is 0 Å². The lowest BCUT2D eigenvalue weighted by molar-refractivity contribution is 0.149. The number of hydrogen-bond acceptors (Lipinski definition) is 6. The van der Waals surface area contributed by atoms with Crippen molar-refractivity contribution in [3.63, 3.8) is 0 Å². The average molecular weight is 172 g/mol. The Bertz CT molecular complexity index is 225. The number of rotatable bonds is 5. The molecule has 0 aliphatic carbocycles. The molecule has 1 heterocycles. The number of hydrazine groups is 1. The summed E-state index contributed by atoms with van der Waals surface area (Å²) >= 11 is 0. The molecule has 0 amide bonds. The summed E-state index contributed by atoms with van der Waals surface area (Å²) < 4.78 is 9.80. The van der Waals surface area contributed by atoms with E-state index in [4.69, 9.17) is 15.1 Å². The molecule has 1 rings (SSSR count). The lowest BCUT2D eigenvalue weighted by Crippen LogP contribution is -2.07. The summed E-state index contributed by atoms with van der Waals surface area (Å²) in [6, 6.07) is 0.224. The highest BCUT2D eigenvalue weighted by Crippen LogP contribution is 2.01. The molecule has 0 atom stereocenters. The van der Waals surface area contributed by atoms with Gasteiger partial charge in [-0.05, 0) is 6.92 Å². The molecule has 6 heteroatoms. The van der Waals surface area contributed by atoms with Crippen LogP contribution in [0.5, 0.6) is 0 Å². The predicted octanol–water partition coefficient (Wildman–Crippen LogP) is -0.0658. The zero-order chi connectivity index (χ0) is 8.81. The number of nitrogens with two attached hydrogens (primary N) is 1. The largest absolute Gasteiger partial charge is 0.381 e. The van der Waals surface area contributed by atoms with Crippen molar-refractivity contribution in [1.82, 2.24) is 10.1 Å². The van der Waals surface area contributed by atoms with E-state index in [-0.39, 0.29) is 6.01 Å². The van der Waals surface area contributed by atoms with Gasteiger partial charge in [-0.3, -0.25) is 5.43 Å². The Labute approximate surface area is 70.0 Å². The Balaban J connectivity index is 2.31. The summed E-state index contributed by atoms with van der Waals surface area (Å²) in [6.45, 7) is 3.23. The summed E-state index contributed by atoms with van der Waals surface area (Å²) in [4.78, 5) is 3.91. The fraction of sp³-hybridized carbons (Fsp3) is 0.667. The van der Waals surface area contributed by atoms with Crippen LogP contribution in [0.3, 0.4) is 0 Å². The molecule has 1 aromatic rings. The third kappa shape index (κ3) is 2.48. The lowest BCUT2D eigenvalue weighted by atomic mass is 10.4. The van der Waals surface area contributed by atoms with Gasteiger partial charge in [0.1, 0.15) is 0 Å². The molecule has 0 radical (unpaired) electrons. The smallest absolute Gasteiger partial charge is 0.335 e. The molecule has 0 aliphatic heterocycles. The minimum atomic E-state index is 0.224. The zero-order valence-corrected chi connectivity index (χ0v) is 6.91. The molecule has 68 valence electrons. The van der Waals surface area contributed by atoms with Crippen LogP contribution in [0.4, 0.5) is 6.01 Å². The van der Waals surface area contributed by atoms with Crippen molar-refractivity contribution >= 4 is 6.01 Å². The second-order valence-corrected chi connectivity index (χ2v) is 2.11. The van der Waals surface area contributed by atoms with Gasteiger partial charge in [-0.15, -0.1) is 0 Å². The van der Waals surface area contributed by atoms with Gasteiger partial charge >= 0.3 is 6.01 Å². The van der Waals surface area contributed by atoms with Crippen molar-refractivity contribution in [3.05, 3.63) is 5.82 Å². The van der Waals surface area contributed by atoms with Crippen molar-refractivity contribution in [1.29, 1.82) is 0 Å². The average Bonchev–Trinajstić information content (AvgIpc) is 2.53. The van der Waals surface area contributed by atoms with E-state index in [1.807, 2.05) is 6.92 Å². The Hall–Kier alpha value is -1.14. The van der Waals surface area contributed by atoms with Crippen LogP contribution >= 0.6 is 0 Å². The molecule has 0 fully saturated rings. The minimum absolute atomic E-state index is 0.224. The standard InChI is InChI=1S/C6H12N4O2/c1-2-11-4-3-5-8-6(9-7)12-10-5/h2-4,7H2,1H3,(H,8,9,10). The molecule has 0 unspecified atom stereocenters. The molecular formula is C6H12N4O2. The van der Waals surface area contributed by atoms with Crippen LogP contribution in [0.2, 0.25) is 0 Å². The maximum Gasteiger partial charge on any atom is 0.335 e. The number of nitrogens with one attached hydrogen (secondary N) is 1. The van der Waals surface area contributed by atoms with Gasteiger partial charge < -0.3 is 9.26 Å². The fourth-order valence-electron chi connectivity index (χ4n) is 0.722. The molecule has 0 saturated heterocycles. The zero-order valence-electron chi connectivity index (χ0n) is 6.91. The van der Waals surface area contributed by atoms with Crippen molar-refractivity contribution < 1.29 is 9.26 Å². The molecule has 1 aromatic heterocycles. The summed E-state index contributed by atoms with van der Waals surface area (Å²) in [6.07, 6.45) is 0.638. The van der Waals surface area contributed by atoms with E-state index in [1.54, 1.807) is 0 Å². The fourth-order valence-corrected chi connectivity index (χ4v) is 0.722. The van der Waals surface area contributed by atoms with Gasteiger partial charge in [0.2, 0.25) is 0 Å². The normalized spacial score (nSPS) is 10.2. The maximum atomic E-state index is 5.11. The van der Waals surface area contributed by atoms with Gasteiger partial charge in [0.15, 0.2) is 5.82 Å². The topological polar surface area (TPSA) is 86.2 Å². The van der Waals surface area contributed by atoms with Gasteiger partial charge in [0.25, 0.3) is 0 Å². The predicted molar refractivity (Wildman–Crippen MR) is 42.3 cm³/mol. The first-order chi connectivity index (χ1) is 5.86. The van der Waals surface area contributed by atoms with E-state index >= 15 is 0 Å². The van der Waals surface area contributed by atoms with E-state index in [0.717, 1.165) is 0 Å². The monoisotopic (exact) mass is 172 g/mol. The molecule has 0 spiro atoms. The number of ether oxygens (including phenoxy) is 1. The van der Waals surface area contributed by atoms with Gasteiger partial charge in [-0.25, -0.2) is 5.84 Å². The van der Waals surface area contributed by atoms with E-state index < -0.39 is 0 Å². The van der Waals surface area contributed by atoms with Crippen LogP contribution in [0, 0.1) is 0 Å². The summed E-state index contributed by atoms with van der Waals surface area (Å²) in [5.74, 6) is 5.63. The van der Waals surface area contributed by atoms with Crippen molar-refractivity contribution in [2.45, 2.75) is 13.3 Å². The van der Waals surface area contributed by atoms with E-state index in [2.05, 4.69) is 15.6 Å². The molecule has 0 aliphatic rings. The molecule has 6 nitrogen and oxygen atoms in total. The number of hydrogen-bond donors (Lipinski definition) is 2. The molecule has 0 bridgehead atoms. The highest BCUT2D eigenvalue weighted by Gasteiger charge is 2.02. The summed E-state index contributed by atoms with van der Waals surface area (Å²) in [7, 11) is 0. The number of nitrogens with zero attached hydrogens (tertiary/aromatic N) is 2. The van der Waals surface area contributed by atoms with E-state index in [1.165, 1.54) is 0 Å². The van der Waals surface area contributed by atoms with Crippen LogP contribution in [0.25, 0.3) is 0 Å². The van der Waals surface area contributed by atoms with Crippen LogP contribution in [0.1, 0.15) is 12.7 Å². The van der Waals surface area contributed by atoms with Crippen molar-refractivity contribution in [3.8, 4) is 0 Å². The molecule has 3 N–H and O–H groups in total.